The molecule has 0 saturated heterocycles. The Morgan fingerprint density at radius 2 is 2.14 bits per heavy atom. The van der Waals surface area contributed by atoms with E-state index in [0.29, 0.717) is 5.69 Å². The lowest BCUT2D eigenvalue weighted by Gasteiger charge is -2.21. The Bertz CT molecular complexity index is 1050. The van der Waals surface area contributed by atoms with Crippen LogP contribution in [-0.4, -0.2) is 32.2 Å². The van der Waals surface area contributed by atoms with Gasteiger partial charge in [0.15, 0.2) is 4.96 Å². The fraction of sp³-hybridized carbons (Fsp3) is 0.278. The second-order valence-corrected chi connectivity index (χ2v) is 7.94. The molecule has 2 heterocycles. The van der Waals surface area contributed by atoms with Crippen LogP contribution in [0.15, 0.2) is 36.0 Å². The number of nitro benzene ring substituents is 1. The molecule has 1 atom stereocenters. The molecule has 0 fully saturated rings. The number of halogens is 1. The molecule has 1 unspecified atom stereocenters. The minimum absolute atomic E-state index is 0.0577. The van der Waals surface area contributed by atoms with Gasteiger partial charge in [-0.25, -0.2) is 4.98 Å². The predicted octanol–water partition coefficient (Wildman–Crippen LogP) is 3.03. The van der Waals surface area contributed by atoms with E-state index in [1.165, 1.54) is 23.5 Å². The summed E-state index contributed by atoms with van der Waals surface area (Å²) in [7, 11) is 0. The van der Waals surface area contributed by atoms with E-state index in [-0.39, 0.29) is 34.6 Å². The molecule has 0 aliphatic heterocycles. The molecule has 152 valence electrons. The Balaban J connectivity index is 1.67. The topological polar surface area (TPSA) is 119 Å². The van der Waals surface area contributed by atoms with Crippen LogP contribution < -0.4 is 10.6 Å². The second-order valence-electron chi connectivity index (χ2n) is 6.66. The van der Waals surface area contributed by atoms with E-state index in [2.05, 4.69) is 15.6 Å². The fourth-order valence-corrected chi connectivity index (χ4v) is 3.68. The number of aromatic nitrogens is 2. The van der Waals surface area contributed by atoms with Crippen LogP contribution in [0, 0.1) is 16.0 Å². The highest BCUT2D eigenvalue weighted by molar-refractivity contribution is 7.15. The Kier molecular flexibility index (Phi) is 6.14. The average Bonchev–Trinajstić information content (AvgIpc) is 3.25. The van der Waals surface area contributed by atoms with Gasteiger partial charge in [-0.3, -0.25) is 24.1 Å². The first-order valence-corrected chi connectivity index (χ1v) is 9.95. The number of nitrogens with zero attached hydrogens (tertiary/aromatic N) is 3. The van der Waals surface area contributed by atoms with Gasteiger partial charge in [-0.2, -0.15) is 0 Å². The van der Waals surface area contributed by atoms with Gasteiger partial charge in [0.05, 0.1) is 27.7 Å². The third-order valence-electron chi connectivity index (χ3n) is 4.23. The number of fused-ring (bicyclic) bond motifs is 1. The van der Waals surface area contributed by atoms with Gasteiger partial charge in [-0.1, -0.05) is 25.4 Å². The molecule has 0 bridgehead atoms. The summed E-state index contributed by atoms with van der Waals surface area (Å²) in [5.41, 5.74) is 0.548. The van der Waals surface area contributed by atoms with Crippen molar-refractivity contribution >= 4 is 45.4 Å². The SMILES string of the molecule is CC(C)C(NC(=O)c1ccc([N+](=O)[O-])cc1Cl)C(=O)NCc1cn2ccsc2n1. The van der Waals surface area contributed by atoms with Gasteiger partial charge in [0, 0.05) is 29.9 Å². The number of rotatable bonds is 7. The van der Waals surface area contributed by atoms with Crippen molar-refractivity contribution in [1.82, 2.24) is 20.0 Å². The van der Waals surface area contributed by atoms with Gasteiger partial charge < -0.3 is 10.6 Å². The minimum atomic E-state index is -0.808. The zero-order valence-electron chi connectivity index (χ0n) is 15.6. The lowest BCUT2D eigenvalue weighted by Crippen LogP contribution is -2.49. The molecule has 0 radical (unpaired) electrons. The van der Waals surface area contributed by atoms with Crippen LogP contribution in [0.5, 0.6) is 0 Å². The maximum Gasteiger partial charge on any atom is 0.270 e. The number of nitrogens with one attached hydrogen (secondary N) is 2. The third kappa shape index (κ3) is 4.72. The number of hydrogen-bond acceptors (Lipinski definition) is 6. The zero-order valence-corrected chi connectivity index (χ0v) is 17.2. The largest absolute Gasteiger partial charge is 0.349 e. The van der Waals surface area contributed by atoms with Crippen LogP contribution in [0.4, 0.5) is 5.69 Å². The van der Waals surface area contributed by atoms with Crippen LogP contribution in [0.25, 0.3) is 4.96 Å². The first kappa shape index (κ1) is 20.7. The highest BCUT2D eigenvalue weighted by Crippen LogP contribution is 2.22. The van der Waals surface area contributed by atoms with Crippen LogP contribution in [0.3, 0.4) is 0 Å². The molecule has 0 aliphatic rings. The Morgan fingerprint density at radius 3 is 2.76 bits per heavy atom. The molecule has 2 amide bonds. The number of amides is 2. The second kappa shape index (κ2) is 8.58. The lowest BCUT2D eigenvalue weighted by atomic mass is 10.0. The van der Waals surface area contributed by atoms with Gasteiger partial charge in [0.1, 0.15) is 6.04 Å². The number of thiazole rings is 1. The van der Waals surface area contributed by atoms with Crippen molar-refractivity contribution in [1.29, 1.82) is 0 Å². The van der Waals surface area contributed by atoms with Gasteiger partial charge >= 0.3 is 0 Å². The van der Waals surface area contributed by atoms with Crippen LogP contribution in [0.2, 0.25) is 5.02 Å². The van der Waals surface area contributed by atoms with E-state index in [1.807, 2.05) is 22.2 Å². The zero-order chi connectivity index (χ0) is 21.1. The van der Waals surface area contributed by atoms with Crippen LogP contribution >= 0.6 is 22.9 Å². The van der Waals surface area contributed by atoms with E-state index >= 15 is 0 Å². The van der Waals surface area contributed by atoms with Crippen molar-refractivity contribution in [2.75, 3.05) is 0 Å². The molecule has 3 rings (SSSR count). The van der Waals surface area contributed by atoms with Crippen LogP contribution in [0.1, 0.15) is 29.9 Å². The first-order valence-electron chi connectivity index (χ1n) is 8.70. The van der Waals surface area contributed by atoms with Crippen molar-refractivity contribution in [2.24, 2.45) is 5.92 Å². The molecule has 0 spiro atoms. The molecule has 0 saturated carbocycles. The summed E-state index contributed by atoms with van der Waals surface area (Å²) >= 11 is 7.50. The van der Waals surface area contributed by atoms with E-state index in [4.69, 9.17) is 11.6 Å². The number of non-ortho nitro benzene ring substituents is 1. The number of benzene rings is 1. The molecule has 2 aromatic heterocycles. The quantitative estimate of drug-likeness (QED) is 0.436. The molecule has 2 N–H and O–H groups in total. The van der Waals surface area contributed by atoms with E-state index in [1.54, 1.807) is 13.8 Å². The minimum Gasteiger partial charge on any atom is -0.349 e. The molecular formula is C18H18ClN5O4S. The summed E-state index contributed by atoms with van der Waals surface area (Å²) in [5, 5.41) is 18.1. The van der Waals surface area contributed by atoms with Crippen LogP contribution in [-0.2, 0) is 11.3 Å². The van der Waals surface area contributed by atoms with E-state index < -0.39 is 16.9 Å². The Morgan fingerprint density at radius 1 is 1.38 bits per heavy atom. The lowest BCUT2D eigenvalue weighted by molar-refractivity contribution is -0.384. The maximum absolute atomic E-state index is 12.6. The van der Waals surface area contributed by atoms with Gasteiger partial charge in [0.2, 0.25) is 5.91 Å². The molecule has 9 nitrogen and oxygen atoms in total. The average molecular weight is 436 g/mol. The standard InChI is InChI=1S/C18H18ClN5O4S/c1-10(2)15(17(26)20-8-11-9-23-5-6-29-18(23)21-11)22-16(25)13-4-3-12(24(27)28)7-14(13)19/h3-7,9-10,15H,8H2,1-2H3,(H,20,26)(H,22,25). The maximum atomic E-state index is 12.6. The van der Waals surface area contributed by atoms with Crippen molar-refractivity contribution in [3.63, 3.8) is 0 Å². The normalized spacial score (nSPS) is 12.1. The highest BCUT2D eigenvalue weighted by atomic mass is 35.5. The fourth-order valence-electron chi connectivity index (χ4n) is 2.70. The van der Waals surface area contributed by atoms with Gasteiger partial charge in [-0.05, 0) is 12.0 Å². The van der Waals surface area contributed by atoms with Crippen molar-refractivity contribution < 1.29 is 14.5 Å². The Labute approximate surface area is 174 Å². The summed E-state index contributed by atoms with van der Waals surface area (Å²) < 4.78 is 1.87. The van der Waals surface area contributed by atoms with Gasteiger partial charge in [-0.15, -0.1) is 11.3 Å². The number of imidazole rings is 1. The summed E-state index contributed by atoms with van der Waals surface area (Å²) in [6, 6.07) is 2.75. The first-order chi connectivity index (χ1) is 13.8. The summed E-state index contributed by atoms with van der Waals surface area (Å²) in [6.07, 6.45) is 3.70. The molecule has 11 heteroatoms. The molecule has 0 aliphatic carbocycles. The van der Waals surface area contributed by atoms with Gasteiger partial charge in [0.25, 0.3) is 11.6 Å². The summed E-state index contributed by atoms with van der Waals surface area (Å²) in [6.45, 7) is 3.83. The predicted molar refractivity (Wildman–Crippen MR) is 109 cm³/mol. The number of carbonyl (C=O) groups excluding carboxylic acids is 2. The number of carbonyl (C=O) groups is 2. The molecule has 1 aromatic carbocycles. The number of hydrogen-bond donors (Lipinski definition) is 2. The summed E-state index contributed by atoms with van der Waals surface area (Å²) in [5.74, 6) is -1.13. The van der Waals surface area contributed by atoms with E-state index in [9.17, 15) is 19.7 Å². The smallest absolute Gasteiger partial charge is 0.270 e. The van der Waals surface area contributed by atoms with Crippen molar-refractivity contribution in [2.45, 2.75) is 26.4 Å². The molecule has 3 aromatic rings. The van der Waals surface area contributed by atoms with E-state index in [0.717, 1.165) is 11.0 Å². The molecular weight excluding hydrogens is 418 g/mol. The van der Waals surface area contributed by atoms with Crippen molar-refractivity contribution in [3.8, 4) is 0 Å². The highest BCUT2D eigenvalue weighted by Gasteiger charge is 2.26. The monoisotopic (exact) mass is 435 g/mol. The third-order valence-corrected chi connectivity index (χ3v) is 5.31. The summed E-state index contributed by atoms with van der Waals surface area (Å²) in [4.78, 5) is 40.6. The molecule has 29 heavy (non-hydrogen) atoms. The Hall–Kier alpha value is -2.98. The van der Waals surface area contributed by atoms with Crippen molar-refractivity contribution in [3.05, 3.63) is 62.4 Å². The number of nitro groups is 1.